The number of hydrogen-bond donors (Lipinski definition) is 2. The zero-order chi connectivity index (χ0) is 22.8. The summed E-state index contributed by atoms with van der Waals surface area (Å²) in [5, 5.41) is 3.43. The van der Waals surface area contributed by atoms with Crippen LogP contribution in [0.3, 0.4) is 0 Å². The van der Waals surface area contributed by atoms with Crippen LogP contribution in [0.1, 0.15) is 45.7 Å². The maximum Gasteiger partial charge on any atom is 0.157 e. The molecule has 0 bridgehead atoms. The standard InChI is InChI=1S/C26H30N6/c1-7-9-18-16(4)14-28-24(18)32-25-19(10-8-2)17(5)22(29-25)30-26-20-12-11-15(3)13-21(20)23(27-6)31-26/h7-12,15,31H,6,13-14H2,1-5H3,(H,28,29,30,32)/b9-7-,10-8-. The second kappa shape index (κ2) is 8.91. The van der Waals surface area contributed by atoms with Gasteiger partial charge in [-0.3, -0.25) is 4.99 Å². The second-order valence-electron chi connectivity index (χ2n) is 8.33. The molecule has 6 heteroatoms. The molecule has 0 amide bonds. The second-order valence-corrected chi connectivity index (χ2v) is 8.33. The Labute approximate surface area is 189 Å². The number of nitrogens with one attached hydrogen (secondary N) is 2. The highest BCUT2D eigenvalue weighted by molar-refractivity contribution is 6.28. The van der Waals surface area contributed by atoms with Crippen LogP contribution in [0.25, 0.3) is 6.08 Å². The minimum Gasteiger partial charge on any atom is -0.324 e. The number of aliphatic imine (C=N–C) groups is 4. The Bertz CT molecular complexity index is 1210. The van der Waals surface area contributed by atoms with Crippen molar-refractivity contribution in [2.24, 2.45) is 25.9 Å². The summed E-state index contributed by atoms with van der Waals surface area (Å²) in [6, 6.07) is 0. The van der Waals surface area contributed by atoms with Crippen molar-refractivity contribution in [1.82, 2.24) is 10.3 Å². The van der Waals surface area contributed by atoms with E-state index in [4.69, 9.17) is 9.98 Å². The highest BCUT2D eigenvalue weighted by Gasteiger charge is 2.26. The van der Waals surface area contributed by atoms with Gasteiger partial charge in [0, 0.05) is 27.8 Å². The van der Waals surface area contributed by atoms with E-state index in [1.165, 1.54) is 11.1 Å². The van der Waals surface area contributed by atoms with Gasteiger partial charge in [0.2, 0.25) is 0 Å². The van der Waals surface area contributed by atoms with Crippen molar-refractivity contribution in [3.05, 3.63) is 63.8 Å². The molecule has 3 heterocycles. The topological polar surface area (TPSA) is 77.3 Å². The lowest BCUT2D eigenvalue weighted by Crippen LogP contribution is -2.25. The lowest BCUT2D eigenvalue weighted by atomic mass is 9.93. The molecular weight excluding hydrogens is 396 g/mol. The average molecular weight is 427 g/mol. The molecule has 1 atom stereocenters. The van der Waals surface area contributed by atoms with Crippen LogP contribution in [0.15, 0.2) is 72.6 Å². The fourth-order valence-electron chi connectivity index (χ4n) is 4.19. The Balaban J connectivity index is 1.75. The van der Waals surface area contributed by atoms with E-state index < -0.39 is 0 Å². The Morgan fingerprint density at radius 1 is 1.06 bits per heavy atom. The molecule has 0 aromatic carbocycles. The lowest BCUT2D eigenvalue weighted by Gasteiger charge is -2.12. The first kappa shape index (κ1) is 21.7. The first-order valence-electron chi connectivity index (χ1n) is 11.0. The molecule has 1 unspecified atom stereocenters. The van der Waals surface area contributed by atoms with Gasteiger partial charge in [-0.2, -0.15) is 0 Å². The summed E-state index contributed by atoms with van der Waals surface area (Å²) in [4.78, 5) is 22.0. The first-order chi connectivity index (χ1) is 15.5. The number of aromatic amines is 1. The molecule has 4 rings (SSSR count). The molecule has 0 radical (unpaired) electrons. The summed E-state index contributed by atoms with van der Waals surface area (Å²) >= 11 is 0. The Kier molecular flexibility index (Phi) is 6.04. The van der Waals surface area contributed by atoms with Crippen LogP contribution in [-0.2, 0) is 6.42 Å². The third kappa shape index (κ3) is 3.88. The summed E-state index contributed by atoms with van der Waals surface area (Å²) in [6.07, 6.45) is 13.5. The fourth-order valence-corrected chi connectivity index (χ4v) is 4.19. The van der Waals surface area contributed by atoms with Crippen molar-refractivity contribution >= 4 is 41.9 Å². The minimum atomic E-state index is 0.473. The quantitative estimate of drug-likeness (QED) is 0.588. The number of hydrogen-bond acceptors (Lipinski definition) is 4. The van der Waals surface area contributed by atoms with Crippen LogP contribution in [0.2, 0.25) is 0 Å². The normalized spacial score (nSPS) is 23.3. The number of allylic oxidation sites excluding steroid dienone is 3. The number of rotatable bonds is 4. The molecule has 1 aliphatic carbocycles. The minimum absolute atomic E-state index is 0.473. The first-order valence-corrected chi connectivity index (χ1v) is 11.0. The molecule has 32 heavy (non-hydrogen) atoms. The number of fused-ring (bicyclic) bond motifs is 1. The molecule has 1 aromatic rings. The summed E-state index contributed by atoms with van der Waals surface area (Å²) in [7, 11) is 0. The molecule has 2 N–H and O–H groups in total. The lowest BCUT2D eigenvalue weighted by molar-refractivity contribution is 0.719. The number of H-pyrrole nitrogens is 1. The molecule has 164 valence electrons. The van der Waals surface area contributed by atoms with Crippen LogP contribution in [0.5, 0.6) is 0 Å². The van der Waals surface area contributed by atoms with Gasteiger partial charge in [-0.15, -0.1) is 0 Å². The van der Waals surface area contributed by atoms with Gasteiger partial charge in [-0.1, -0.05) is 43.4 Å². The van der Waals surface area contributed by atoms with Gasteiger partial charge in [-0.05, 0) is 52.3 Å². The van der Waals surface area contributed by atoms with E-state index in [9.17, 15) is 0 Å². The predicted octanol–water partition coefficient (Wildman–Crippen LogP) is 5.78. The van der Waals surface area contributed by atoms with E-state index >= 15 is 0 Å². The van der Waals surface area contributed by atoms with E-state index in [1.54, 1.807) is 0 Å². The van der Waals surface area contributed by atoms with Crippen molar-refractivity contribution in [3.8, 4) is 0 Å². The van der Waals surface area contributed by atoms with E-state index in [0.29, 0.717) is 12.5 Å². The summed E-state index contributed by atoms with van der Waals surface area (Å²) < 4.78 is 0. The molecule has 1 aromatic heterocycles. The van der Waals surface area contributed by atoms with Gasteiger partial charge in [0.15, 0.2) is 5.84 Å². The van der Waals surface area contributed by atoms with Crippen molar-refractivity contribution in [1.29, 1.82) is 0 Å². The van der Waals surface area contributed by atoms with Crippen LogP contribution in [0, 0.1) is 5.92 Å². The van der Waals surface area contributed by atoms with E-state index in [-0.39, 0.29) is 0 Å². The highest BCUT2D eigenvalue weighted by Crippen LogP contribution is 2.37. The summed E-state index contributed by atoms with van der Waals surface area (Å²) in [6.45, 7) is 14.8. The van der Waals surface area contributed by atoms with Crippen molar-refractivity contribution in [2.75, 3.05) is 6.54 Å². The third-order valence-electron chi connectivity index (χ3n) is 5.90. The van der Waals surface area contributed by atoms with Crippen molar-refractivity contribution in [3.63, 3.8) is 0 Å². The number of aromatic nitrogens is 1. The molecular formula is C26H30N6. The van der Waals surface area contributed by atoms with Crippen molar-refractivity contribution in [2.45, 2.75) is 41.0 Å². The van der Waals surface area contributed by atoms with Gasteiger partial charge in [0.1, 0.15) is 23.3 Å². The Morgan fingerprint density at radius 2 is 1.81 bits per heavy atom. The summed E-state index contributed by atoms with van der Waals surface area (Å²) in [5.41, 5.74) is 6.63. The molecule has 2 aliphatic heterocycles. The maximum absolute atomic E-state index is 4.95. The predicted molar refractivity (Wildman–Crippen MR) is 137 cm³/mol. The molecule has 0 fully saturated rings. The fraction of sp³-hybridized carbons (Fsp3) is 0.308. The smallest absolute Gasteiger partial charge is 0.157 e. The largest absolute Gasteiger partial charge is 0.324 e. The van der Waals surface area contributed by atoms with Gasteiger partial charge in [-0.25, -0.2) is 15.0 Å². The van der Waals surface area contributed by atoms with Crippen LogP contribution < -0.4 is 5.32 Å². The SMILES string of the molecule is C=Nc1[nH]c(/N=C2\N/C(=N\C3=NCC(C)=C3/C=C\C)C(/C=C\C)=C2C)c2c1CC(C)C=C2. The molecule has 6 nitrogen and oxygen atoms in total. The zero-order valence-corrected chi connectivity index (χ0v) is 19.5. The molecule has 0 saturated carbocycles. The van der Waals surface area contributed by atoms with E-state index in [0.717, 1.165) is 57.8 Å². The van der Waals surface area contributed by atoms with Gasteiger partial charge >= 0.3 is 0 Å². The van der Waals surface area contributed by atoms with Gasteiger partial charge < -0.3 is 10.3 Å². The average Bonchev–Trinajstić information content (AvgIpc) is 3.39. The molecule has 0 spiro atoms. The third-order valence-corrected chi connectivity index (χ3v) is 5.90. The molecule has 0 saturated heterocycles. The van der Waals surface area contributed by atoms with Crippen LogP contribution >= 0.6 is 0 Å². The highest BCUT2D eigenvalue weighted by atomic mass is 15.1. The van der Waals surface area contributed by atoms with Crippen LogP contribution in [0.4, 0.5) is 11.6 Å². The van der Waals surface area contributed by atoms with Crippen molar-refractivity contribution < 1.29 is 0 Å². The Hall–Kier alpha value is -3.54. The Morgan fingerprint density at radius 3 is 2.53 bits per heavy atom. The van der Waals surface area contributed by atoms with Gasteiger partial charge in [0.25, 0.3) is 0 Å². The number of nitrogens with zero attached hydrogens (tertiary/aromatic N) is 4. The number of amidine groups is 3. The molecule has 3 aliphatic rings. The van der Waals surface area contributed by atoms with Crippen LogP contribution in [-0.4, -0.2) is 35.8 Å². The van der Waals surface area contributed by atoms with E-state index in [1.807, 2.05) is 26.0 Å². The maximum atomic E-state index is 4.95. The zero-order valence-electron chi connectivity index (χ0n) is 19.5. The monoisotopic (exact) mass is 426 g/mol. The van der Waals surface area contributed by atoms with Gasteiger partial charge in [0.05, 0.1) is 6.54 Å². The van der Waals surface area contributed by atoms with E-state index in [2.05, 4.69) is 72.1 Å². The summed E-state index contributed by atoms with van der Waals surface area (Å²) in [5.74, 6) is 4.36.